The Labute approximate surface area is 119 Å². The van der Waals surface area contributed by atoms with Crippen molar-refractivity contribution in [1.29, 1.82) is 0 Å². The van der Waals surface area contributed by atoms with Crippen LogP contribution in [0.4, 0.5) is 0 Å². The highest BCUT2D eigenvalue weighted by Gasteiger charge is 2.35. The largest absolute Gasteiger partial charge is 0.426 e. The van der Waals surface area contributed by atoms with Crippen LogP contribution in [0.5, 0.6) is 0 Å². The number of hydrogen-bond donors (Lipinski definition) is 1. The van der Waals surface area contributed by atoms with E-state index in [1.165, 1.54) is 4.21 Å². The molecule has 5 heteroatoms. The number of hydrogen-bond acceptors (Lipinski definition) is 4. The van der Waals surface area contributed by atoms with Gasteiger partial charge in [0.1, 0.15) is 0 Å². The Kier molecular flexibility index (Phi) is 5.36. The number of aliphatic hydroxyl groups is 1. The van der Waals surface area contributed by atoms with Crippen molar-refractivity contribution in [1.82, 2.24) is 0 Å². The van der Waals surface area contributed by atoms with Crippen molar-refractivity contribution < 1.29 is 9.76 Å². The summed E-state index contributed by atoms with van der Waals surface area (Å²) in [5, 5.41) is 10.6. The van der Waals surface area contributed by atoms with Crippen LogP contribution >= 0.6 is 23.1 Å². The fourth-order valence-electron chi connectivity index (χ4n) is 1.04. The molecule has 0 aliphatic carbocycles. The molecule has 1 radical (unpaired) electrons. The zero-order chi connectivity index (χ0) is 14.0. The quantitative estimate of drug-likeness (QED) is 0.643. The highest BCUT2D eigenvalue weighted by molar-refractivity contribution is 8.01. The maximum Gasteiger partial charge on any atom is 0.341 e. The third-order valence-corrected chi connectivity index (χ3v) is 5.08. The van der Waals surface area contributed by atoms with E-state index >= 15 is 0 Å². The summed E-state index contributed by atoms with van der Waals surface area (Å²) in [6.07, 6.45) is 0. The second kappa shape index (κ2) is 5.99. The molecule has 0 amide bonds. The standard InChI is InChI=1S/C13H22BO2S2/c1-9(2)17-11-8-7-10(18-11)14-16-13(5,6)12(3,4)15/h7-9,15H,1-6H3. The average Bonchev–Trinajstić information content (AvgIpc) is 2.60. The molecule has 0 bridgehead atoms. The lowest BCUT2D eigenvalue weighted by molar-refractivity contribution is -0.0892. The molecule has 0 saturated carbocycles. The van der Waals surface area contributed by atoms with Crippen molar-refractivity contribution >= 4 is 35.4 Å². The van der Waals surface area contributed by atoms with E-state index < -0.39 is 11.2 Å². The first kappa shape index (κ1) is 16.1. The van der Waals surface area contributed by atoms with Crippen molar-refractivity contribution in [2.75, 3.05) is 0 Å². The van der Waals surface area contributed by atoms with Crippen molar-refractivity contribution in [3.8, 4) is 0 Å². The van der Waals surface area contributed by atoms with Crippen LogP contribution in [0.1, 0.15) is 41.5 Å². The summed E-state index contributed by atoms with van der Waals surface area (Å²) in [6.45, 7) is 11.7. The van der Waals surface area contributed by atoms with Crippen LogP contribution in [0, 0.1) is 0 Å². The van der Waals surface area contributed by atoms with E-state index in [0.717, 1.165) is 4.78 Å². The topological polar surface area (TPSA) is 29.5 Å². The second-order valence-electron chi connectivity index (χ2n) is 5.63. The molecule has 0 atom stereocenters. The molecule has 1 N–H and O–H groups in total. The van der Waals surface area contributed by atoms with Gasteiger partial charge in [-0.15, -0.1) is 23.1 Å². The molecule has 101 valence electrons. The smallest absolute Gasteiger partial charge is 0.341 e. The van der Waals surface area contributed by atoms with E-state index in [1.807, 2.05) is 25.6 Å². The van der Waals surface area contributed by atoms with E-state index in [9.17, 15) is 5.11 Å². The van der Waals surface area contributed by atoms with Crippen molar-refractivity contribution in [2.45, 2.75) is 62.2 Å². The lowest BCUT2D eigenvalue weighted by Crippen LogP contribution is -2.49. The Morgan fingerprint density at radius 1 is 1.28 bits per heavy atom. The zero-order valence-corrected chi connectivity index (χ0v) is 13.6. The lowest BCUT2D eigenvalue weighted by atomic mass is 9.86. The number of thiophene rings is 1. The molecule has 1 aromatic rings. The Balaban J connectivity index is 2.56. The molecule has 0 aromatic carbocycles. The van der Waals surface area contributed by atoms with Crippen LogP contribution in [0.2, 0.25) is 0 Å². The van der Waals surface area contributed by atoms with E-state index in [2.05, 4.69) is 26.0 Å². The molecular formula is C13H22BO2S2. The summed E-state index contributed by atoms with van der Waals surface area (Å²) in [6, 6.07) is 4.16. The predicted molar refractivity (Wildman–Crippen MR) is 82.2 cm³/mol. The minimum absolute atomic E-state index is 0.588. The van der Waals surface area contributed by atoms with E-state index in [-0.39, 0.29) is 0 Å². The van der Waals surface area contributed by atoms with Gasteiger partial charge < -0.3 is 9.76 Å². The monoisotopic (exact) mass is 285 g/mol. The molecule has 0 spiro atoms. The van der Waals surface area contributed by atoms with Gasteiger partial charge in [0.2, 0.25) is 0 Å². The summed E-state index contributed by atoms with van der Waals surface area (Å²) in [5.74, 6) is 0. The van der Waals surface area contributed by atoms with E-state index in [0.29, 0.717) is 5.25 Å². The third-order valence-electron chi connectivity index (χ3n) is 2.90. The minimum Gasteiger partial charge on any atom is -0.426 e. The molecule has 0 aliphatic rings. The van der Waals surface area contributed by atoms with Gasteiger partial charge in [0.25, 0.3) is 0 Å². The Morgan fingerprint density at radius 2 is 1.89 bits per heavy atom. The fraction of sp³-hybridized carbons (Fsp3) is 0.692. The average molecular weight is 285 g/mol. The van der Waals surface area contributed by atoms with Gasteiger partial charge in [-0.05, 0) is 33.8 Å². The van der Waals surface area contributed by atoms with Gasteiger partial charge in [0.05, 0.1) is 15.4 Å². The third kappa shape index (κ3) is 4.61. The van der Waals surface area contributed by atoms with Crippen LogP contribution in [-0.2, 0) is 4.65 Å². The first-order valence-corrected chi connectivity index (χ1v) is 7.81. The highest BCUT2D eigenvalue weighted by atomic mass is 32.2. The van der Waals surface area contributed by atoms with Gasteiger partial charge in [0, 0.05) is 10.0 Å². The molecule has 0 unspecified atom stereocenters. The lowest BCUT2D eigenvalue weighted by Gasteiger charge is -2.37. The van der Waals surface area contributed by atoms with Gasteiger partial charge in [-0.3, -0.25) is 0 Å². The van der Waals surface area contributed by atoms with E-state index in [1.54, 1.807) is 32.7 Å². The normalized spacial score (nSPS) is 13.1. The number of rotatable bonds is 6. The van der Waals surface area contributed by atoms with Gasteiger partial charge >= 0.3 is 7.48 Å². The van der Waals surface area contributed by atoms with Crippen LogP contribution in [0.3, 0.4) is 0 Å². The van der Waals surface area contributed by atoms with E-state index in [4.69, 9.17) is 4.65 Å². The summed E-state index contributed by atoms with van der Waals surface area (Å²) >= 11 is 3.57. The summed E-state index contributed by atoms with van der Waals surface area (Å²) in [7, 11) is 1.74. The molecule has 0 saturated heterocycles. The Hall–Kier alpha value is 0.0349. The highest BCUT2D eigenvalue weighted by Crippen LogP contribution is 2.27. The molecule has 1 rings (SSSR count). The predicted octanol–water partition coefficient (Wildman–Crippen LogP) is 3.06. The van der Waals surface area contributed by atoms with Crippen molar-refractivity contribution in [3.63, 3.8) is 0 Å². The summed E-state index contributed by atoms with van der Waals surface area (Å²) < 4.78 is 8.10. The second-order valence-corrected chi connectivity index (χ2v) is 8.62. The first-order valence-electron chi connectivity index (χ1n) is 6.12. The van der Waals surface area contributed by atoms with Crippen molar-refractivity contribution in [3.05, 3.63) is 12.1 Å². The van der Waals surface area contributed by atoms with Crippen LogP contribution < -0.4 is 4.78 Å². The fourth-order valence-corrected chi connectivity index (χ4v) is 3.31. The maximum atomic E-state index is 10.0. The molecule has 2 nitrogen and oxygen atoms in total. The van der Waals surface area contributed by atoms with Crippen LogP contribution in [-0.4, -0.2) is 29.0 Å². The van der Waals surface area contributed by atoms with Gasteiger partial charge in [-0.25, -0.2) is 0 Å². The SMILES string of the molecule is CC(C)Sc1ccc([B]OC(C)(C)C(C)(C)O)s1. The van der Waals surface area contributed by atoms with Crippen molar-refractivity contribution in [2.24, 2.45) is 0 Å². The molecule has 18 heavy (non-hydrogen) atoms. The Bertz CT molecular complexity index is 381. The molecule has 0 fully saturated rings. The maximum absolute atomic E-state index is 10.0. The van der Waals surface area contributed by atoms with Gasteiger partial charge in [-0.1, -0.05) is 19.9 Å². The summed E-state index contributed by atoms with van der Waals surface area (Å²) in [5.41, 5.74) is -1.49. The molecule has 0 aliphatic heterocycles. The van der Waals surface area contributed by atoms with Gasteiger partial charge in [-0.2, -0.15) is 0 Å². The molecule has 1 heterocycles. The Morgan fingerprint density at radius 3 is 2.39 bits per heavy atom. The van der Waals surface area contributed by atoms with Crippen LogP contribution in [0.15, 0.2) is 16.3 Å². The van der Waals surface area contributed by atoms with Gasteiger partial charge in [0.15, 0.2) is 0 Å². The number of thioether (sulfide) groups is 1. The zero-order valence-electron chi connectivity index (χ0n) is 12.0. The summed E-state index contributed by atoms with van der Waals surface area (Å²) in [4.78, 5) is 0. The molecule has 1 aromatic heterocycles. The molecular weight excluding hydrogens is 263 g/mol. The first-order chi connectivity index (χ1) is 8.12. The van der Waals surface area contributed by atoms with Crippen LogP contribution in [0.25, 0.3) is 0 Å². The minimum atomic E-state index is -0.879.